The number of anilines is 1. The molecule has 0 radical (unpaired) electrons. The lowest BCUT2D eigenvalue weighted by Crippen LogP contribution is -2.19. The van der Waals surface area contributed by atoms with Crippen LogP contribution in [0.3, 0.4) is 0 Å². The zero-order valence-corrected chi connectivity index (χ0v) is 20.0. The van der Waals surface area contributed by atoms with Crippen molar-refractivity contribution < 1.29 is 4.79 Å². The van der Waals surface area contributed by atoms with Crippen LogP contribution >= 0.6 is 11.8 Å². The number of carbonyl (C=O) groups excluding carboxylic acids is 1. The maximum atomic E-state index is 12.6. The summed E-state index contributed by atoms with van der Waals surface area (Å²) in [5, 5.41) is 12.0. The standard InChI is InChI=1S/C26H22N6O2S/c1-31-20-14-13-19(15-21(20)32(2)26(31)34)27-22(33)16-35-25-28-23(17-9-5-3-6-10-17)24(29-30-25)18-11-7-4-8-12-18/h3-15H,16H2,1-2H3,(H,27,33). The van der Waals surface area contributed by atoms with Crippen LogP contribution < -0.4 is 11.0 Å². The summed E-state index contributed by atoms with van der Waals surface area (Å²) in [6.07, 6.45) is 0. The summed E-state index contributed by atoms with van der Waals surface area (Å²) in [7, 11) is 3.43. The van der Waals surface area contributed by atoms with Crippen molar-refractivity contribution in [2.75, 3.05) is 11.1 Å². The Hall–Kier alpha value is -4.24. The minimum atomic E-state index is -0.202. The first kappa shape index (κ1) is 22.5. The number of hydrogen-bond acceptors (Lipinski definition) is 6. The van der Waals surface area contributed by atoms with E-state index in [2.05, 4.69) is 15.5 Å². The topological polar surface area (TPSA) is 94.7 Å². The molecule has 2 heterocycles. The fourth-order valence-electron chi connectivity index (χ4n) is 3.87. The highest BCUT2D eigenvalue weighted by atomic mass is 32.2. The highest BCUT2D eigenvalue weighted by Gasteiger charge is 2.15. The summed E-state index contributed by atoms with van der Waals surface area (Å²) in [6.45, 7) is 0. The largest absolute Gasteiger partial charge is 0.328 e. The highest BCUT2D eigenvalue weighted by Crippen LogP contribution is 2.29. The van der Waals surface area contributed by atoms with E-state index in [-0.39, 0.29) is 17.3 Å². The molecule has 0 saturated heterocycles. The molecule has 8 nitrogen and oxygen atoms in total. The predicted molar refractivity (Wildman–Crippen MR) is 138 cm³/mol. The van der Waals surface area contributed by atoms with Gasteiger partial charge < -0.3 is 5.32 Å². The molecule has 0 atom stereocenters. The lowest BCUT2D eigenvalue weighted by molar-refractivity contribution is -0.113. The van der Waals surface area contributed by atoms with Gasteiger partial charge in [0.15, 0.2) is 0 Å². The van der Waals surface area contributed by atoms with Crippen LogP contribution in [0.2, 0.25) is 0 Å². The number of amides is 1. The van der Waals surface area contributed by atoms with Crippen molar-refractivity contribution in [2.45, 2.75) is 5.16 Å². The molecule has 1 N–H and O–H groups in total. The molecule has 3 aromatic carbocycles. The highest BCUT2D eigenvalue weighted by molar-refractivity contribution is 7.99. The molecule has 0 aliphatic carbocycles. The number of hydrogen-bond donors (Lipinski definition) is 1. The van der Waals surface area contributed by atoms with Gasteiger partial charge in [-0.15, -0.1) is 10.2 Å². The summed E-state index contributed by atoms with van der Waals surface area (Å²) in [5.41, 5.74) is 5.30. The molecule has 35 heavy (non-hydrogen) atoms. The minimum Gasteiger partial charge on any atom is -0.325 e. The van der Waals surface area contributed by atoms with E-state index in [4.69, 9.17) is 4.98 Å². The first-order valence-electron chi connectivity index (χ1n) is 10.9. The summed E-state index contributed by atoms with van der Waals surface area (Å²) >= 11 is 1.22. The van der Waals surface area contributed by atoms with E-state index in [1.807, 2.05) is 66.7 Å². The Morgan fingerprint density at radius 2 is 1.46 bits per heavy atom. The first-order chi connectivity index (χ1) is 17.0. The van der Waals surface area contributed by atoms with Gasteiger partial charge in [-0.2, -0.15) is 0 Å². The van der Waals surface area contributed by atoms with Crippen molar-refractivity contribution in [1.29, 1.82) is 0 Å². The molecule has 0 spiro atoms. The third-order valence-corrected chi connectivity index (χ3v) is 6.49. The predicted octanol–water partition coefficient (Wildman–Crippen LogP) is 4.13. The number of fused-ring (bicyclic) bond motifs is 1. The molecule has 0 fully saturated rings. The van der Waals surface area contributed by atoms with Crippen LogP contribution in [0.5, 0.6) is 0 Å². The Bertz CT molecular complexity index is 1580. The van der Waals surface area contributed by atoms with Gasteiger partial charge in [0.05, 0.1) is 16.8 Å². The number of nitrogens with zero attached hydrogens (tertiary/aromatic N) is 5. The molecule has 0 aliphatic heterocycles. The zero-order valence-electron chi connectivity index (χ0n) is 19.2. The SMILES string of the molecule is Cn1c(=O)n(C)c2cc(NC(=O)CSc3nnc(-c4ccccc4)c(-c4ccccc4)n3)ccc21. The van der Waals surface area contributed by atoms with E-state index in [1.54, 1.807) is 35.4 Å². The van der Waals surface area contributed by atoms with Gasteiger partial charge in [-0.05, 0) is 18.2 Å². The maximum absolute atomic E-state index is 12.6. The van der Waals surface area contributed by atoms with Crippen molar-refractivity contribution in [2.24, 2.45) is 14.1 Å². The average Bonchev–Trinajstić information content (AvgIpc) is 3.11. The monoisotopic (exact) mass is 482 g/mol. The molecule has 5 rings (SSSR count). The Balaban J connectivity index is 1.35. The normalized spacial score (nSPS) is 11.0. The van der Waals surface area contributed by atoms with Crippen LogP contribution in [0.25, 0.3) is 33.5 Å². The molecule has 0 unspecified atom stereocenters. The van der Waals surface area contributed by atoms with Crippen molar-refractivity contribution in [1.82, 2.24) is 24.3 Å². The van der Waals surface area contributed by atoms with E-state index in [0.29, 0.717) is 22.2 Å². The molecule has 2 aromatic heterocycles. The van der Waals surface area contributed by atoms with E-state index < -0.39 is 0 Å². The second kappa shape index (κ2) is 9.55. The van der Waals surface area contributed by atoms with Crippen molar-refractivity contribution >= 4 is 34.4 Å². The molecule has 0 aliphatic rings. The molecular weight excluding hydrogens is 460 g/mol. The van der Waals surface area contributed by atoms with E-state index in [1.165, 1.54) is 11.8 Å². The summed E-state index contributed by atoms with van der Waals surface area (Å²) in [5.74, 6) is -0.0842. The minimum absolute atomic E-state index is 0.114. The molecule has 0 saturated carbocycles. The molecule has 0 bridgehead atoms. The Morgan fingerprint density at radius 1 is 0.829 bits per heavy atom. The number of aromatic nitrogens is 5. The number of carbonyl (C=O) groups is 1. The number of rotatable bonds is 6. The number of nitrogens with one attached hydrogen (secondary N) is 1. The van der Waals surface area contributed by atoms with Crippen molar-refractivity contribution in [3.05, 3.63) is 89.3 Å². The quantitative estimate of drug-likeness (QED) is 0.366. The Morgan fingerprint density at radius 3 is 2.14 bits per heavy atom. The lowest BCUT2D eigenvalue weighted by atomic mass is 10.0. The van der Waals surface area contributed by atoms with E-state index >= 15 is 0 Å². The Kier molecular flexibility index (Phi) is 6.15. The van der Waals surface area contributed by atoms with Gasteiger partial charge in [0.25, 0.3) is 0 Å². The van der Waals surface area contributed by atoms with Gasteiger partial charge in [0, 0.05) is 30.9 Å². The second-order valence-corrected chi connectivity index (χ2v) is 8.91. The summed E-state index contributed by atoms with van der Waals surface area (Å²) < 4.78 is 3.13. The van der Waals surface area contributed by atoms with E-state index in [0.717, 1.165) is 22.2 Å². The van der Waals surface area contributed by atoms with Crippen LogP contribution in [-0.4, -0.2) is 36.0 Å². The van der Waals surface area contributed by atoms with E-state index in [9.17, 15) is 9.59 Å². The summed E-state index contributed by atoms with van der Waals surface area (Å²) in [4.78, 5) is 29.5. The van der Waals surface area contributed by atoms with Crippen LogP contribution in [0.4, 0.5) is 5.69 Å². The smallest absolute Gasteiger partial charge is 0.325 e. The fourth-order valence-corrected chi connectivity index (χ4v) is 4.46. The molecule has 9 heteroatoms. The van der Waals surface area contributed by atoms with Gasteiger partial charge in [0.2, 0.25) is 11.1 Å². The zero-order chi connectivity index (χ0) is 24.4. The van der Waals surface area contributed by atoms with Crippen molar-refractivity contribution in [3.63, 3.8) is 0 Å². The number of thioether (sulfide) groups is 1. The maximum Gasteiger partial charge on any atom is 0.328 e. The Labute approximate surface area is 205 Å². The van der Waals surface area contributed by atoms with Gasteiger partial charge in [-0.3, -0.25) is 13.9 Å². The van der Waals surface area contributed by atoms with Gasteiger partial charge in [-0.25, -0.2) is 9.78 Å². The molecule has 5 aromatic rings. The van der Waals surface area contributed by atoms with Crippen LogP contribution in [0.1, 0.15) is 0 Å². The fraction of sp³-hybridized carbons (Fsp3) is 0.115. The number of aryl methyl sites for hydroxylation is 2. The first-order valence-corrected chi connectivity index (χ1v) is 11.9. The lowest BCUT2D eigenvalue weighted by Gasteiger charge is -2.09. The number of benzene rings is 3. The van der Waals surface area contributed by atoms with Crippen LogP contribution in [0, 0.1) is 0 Å². The average molecular weight is 483 g/mol. The molecule has 174 valence electrons. The molecular formula is C26H22N6O2S. The van der Waals surface area contributed by atoms with Crippen LogP contribution in [-0.2, 0) is 18.9 Å². The summed E-state index contributed by atoms with van der Waals surface area (Å²) in [6, 6.07) is 25.0. The van der Waals surface area contributed by atoms with Crippen LogP contribution in [0.15, 0.2) is 88.8 Å². The van der Waals surface area contributed by atoms with Gasteiger partial charge >= 0.3 is 5.69 Å². The van der Waals surface area contributed by atoms with Gasteiger partial charge in [0.1, 0.15) is 11.4 Å². The second-order valence-electron chi connectivity index (χ2n) is 7.96. The number of imidazole rings is 1. The van der Waals surface area contributed by atoms with Crippen molar-refractivity contribution in [3.8, 4) is 22.5 Å². The third kappa shape index (κ3) is 4.58. The van der Waals surface area contributed by atoms with Gasteiger partial charge in [-0.1, -0.05) is 72.4 Å². The molecule has 1 amide bonds. The third-order valence-electron chi connectivity index (χ3n) is 5.65.